The smallest absolute Gasteiger partial charge is 0.315 e. The van der Waals surface area contributed by atoms with Crippen molar-refractivity contribution in [2.75, 3.05) is 13.2 Å². The minimum Gasteiger partial charge on any atom is -0.481 e. The van der Waals surface area contributed by atoms with E-state index in [9.17, 15) is 4.79 Å². The molecular formula is C26H51NO3. The first-order chi connectivity index (χ1) is 14.6. The third-order valence-electron chi connectivity index (χ3n) is 5.50. The van der Waals surface area contributed by atoms with E-state index < -0.39 is 0 Å². The fraction of sp³-hybridized carbons (Fsp3) is 0.923. The van der Waals surface area contributed by atoms with Gasteiger partial charge in [-0.25, -0.2) is 0 Å². The number of nitrogens with zero attached hydrogens (tertiary/aromatic N) is 1. The first-order valence-corrected chi connectivity index (χ1v) is 13.0. The summed E-state index contributed by atoms with van der Waals surface area (Å²) in [4.78, 5) is 16.2. The van der Waals surface area contributed by atoms with Crippen molar-refractivity contribution in [2.24, 2.45) is 4.99 Å². The summed E-state index contributed by atoms with van der Waals surface area (Å²) in [6.07, 6.45) is 21.9. The van der Waals surface area contributed by atoms with Crippen molar-refractivity contribution in [3.05, 3.63) is 0 Å². The summed E-state index contributed by atoms with van der Waals surface area (Å²) in [6, 6.07) is 0.197. The average molecular weight is 426 g/mol. The van der Waals surface area contributed by atoms with Crippen molar-refractivity contribution in [1.29, 1.82) is 0 Å². The van der Waals surface area contributed by atoms with Gasteiger partial charge in [0.25, 0.3) is 0 Å². The van der Waals surface area contributed by atoms with E-state index in [1.165, 1.54) is 96.3 Å². The van der Waals surface area contributed by atoms with Crippen LogP contribution >= 0.6 is 0 Å². The van der Waals surface area contributed by atoms with Crippen LogP contribution in [0.25, 0.3) is 0 Å². The molecule has 0 aliphatic heterocycles. The molecule has 0 saturated carbocycles. The molecule has 0 N–H and O–H groups in total. The zero-order valence-corrected chi connectivity index (χ0v) is 20.7. The lowest BCUT2D eigenvalue weighted by atomic mass is 10.0. The number of carbonyl (C=O) groups excluding carboxylic acids is 1. The summed E-state index contributed by atoms with van der Waals surface area (Å²) in [5, 5.41) is 0. The highest BCUT2D eigenvalue weighted by atomic mass is 16.5. The lowest BCUT2D eigenvalue weighted by Crippen LogP contribution is -2.16. The molecule has 0 spiro atoms. The quantitative estimate of drug-likeness (QED) is 0.0809. The second-order valence-corrected chi connectivity index (χ2v) is 8.53. The Balaban J connectivity index is 3.58. The Kier molecular flexibility index (Phi) is 21.8. The summed E-state index contributed by atoms with van der Waals surface area (Å²) >= 11 is 0. The molecule has 0 heterocycles. The first-order valence-electron chi connectivity index (χ1n) is 13.0. The first kappa shape index (κ1) is 28.9. The van der Waals surface area contributed by atoms with E-state index in [2.05, 4.69) is 18.8 Å². The van der Waals surface area contributed by atoms with Crippen LogP contribution in [0, 0.1) is 0 Å². The van der Waals surface area contributed by atoms with Crippen molar-refractivity contribution in [2.45, 2.75) is 143 Å². The number of carbonyl (C=O) groups is 1. The van der Waals surface area contributed by atoms with Gasteiger partial charge in [-0.2, -0.15) is 0 Å². The Morgan fingerprint density at radius 1 is 0.667 bits per heavy atom. The molecule has 1 atom stereocenters. The van der Waals surface area contributed by atoms with E-state index in [1.54, 1.807) is 0 Å². The number of rotatable bonds is 21. The largest absolute Gasteiger partial charge is 0.481 e. The molecule has 0 amide bonds. The second-order valence-electron chi connectivity index (χ2n) is 8.53. The predicted molar refractivity (Wildman–Crippen MR) is 129 cm³/mol. The summed E-state index contributed by atoms with van der Waals surface area (Å²) in [6.45, 7) is 9.05. The molecule has 0 aromatic rings. The monoisotopic (exact) mass is 425 g/mol. The van der Waals surface area contributed by atoms with Crippen molar-refractivity contribution in [3.63, 3.8) is 0 Å². The van der Waals surface area contributed by atoms with E-state index in [1.807, 2.05) is 13.8 Å². The van der Waals surface area contributed by atoms with Crippen LogP contribution in [-0.2, 0) is 14.3 Å². The second kappa shape index (κ2) is 22.6. The zero-order chi connectivity index (χ0) is 22.3. The number of aliphatic imine (C=N–C) groups is 1. The van der Waals surface area contributed by atoms with E-state index in [0.29, 0.717) is 19.1 Å². The molecule has 0 aliphatic rings. The SMILES string of the molecule is CCCCCCCCCCCCCCCCCC(C)N=C(CC(=O)OCC)OCC. The number of hydrogen-bond acceptors (Lipinski definition) is 4. The molecule has 30 heavy (non-hydrogen) atoms. The van der Waals surface area contributed by atoms with Crippen LogP contribution in [0.5, 0.6) is 0 Å². The normalized spacial score (nSPS) is 12.7. The van der Waals surface area contributed by atoms with Gasteiger partial charge in [-0.1, -0.05) is 103 Å². The summed E-state index contributed by atoms with van der Waals surface area (Å²) in [7, 11) is 0. The van der Waals surface area contributed by atoms with Gasteiger partial charge in [0.15, 0.2) is 5.90 Å². The predicted octanol–water partition coefficient (Wildman–Crippen LogP) is 8.02. The van der Waals surface area contributed by atoms with Crippen molar-refractivity contribution in [3.8, 4) is 0 Å². The summed E-state index contributed by atoms with van der Waals surface area (Å²) in [5.74, 6) is 0.258. The Morgan fingerprint density at radius 2 is 1.10 bits per heavy atom. The minimum atomic E-state index is -0.260. The molecule has 4 heteroatoms. The van der Waals surface area contributed by atoms with Crippen LogP contribution in [0.15, 0.2) is 4.99 Å². The van der Waals surface area contributed by atoms with Crippen molar-refractivity contribution < 1.29 is 14.3 Å². The fourth-order valence-electron chi connectivity index (χ4n) is 3.76. The van der Waals surface area contributed by atoms with Gasteiger partial charge < -0.3 is 9.47 Å². The maximum atomic E-state index is 11.6. The van der Waals surface area contributed by atoms with Crippen LogP contribution in [0.3, 0.4) is 0 Å². The zero-order valence-electron chi connectivity index (χ0n) is 20.7. The molecule has 0 saturated heterocycles. The number of hydrogen-bond donors (Lipinski definition) is 0. The number of unbranched alkanes of at least 4 members (excludes halogenated alkanes) is 14. The van der Waals surface area contributed by atoms with E-state index in [0.717, 1.165) is 6.42 Å². The molecule has 0 rings (SSSR count). The van der Waals surface area contributed by atoms with E-state index in [-0.39, 0.29) is 18.4 Å². The van der Waals surface area contributed by atoms with Gasteiger partial charge in [-0.05, 0) is 27.2 Å². The molecular weight excluding hydrogens is 374 g/mol. The molecule has 0 aliphatic carbocycles. The third kappa shape index (κ3) is 20.2. The molecule has 0 aromatic carbocycles. The van der Waals surface area contributed by atoms with Crippen molar-refractivity contribution in [1.82, 2.24) is 0 Å². The van der Waals surface area contributed by atoms with Crippen LogP contribution in [0.4, 0.5) is 0 Å². The lowest BCUT2D eigenvalue weighted by Gasteiger charge is -2.11. The van der Waals surface area contributed by atoms with Gasteiger partial charge >= 0.3 is 5.97 Å². The van der Waals surface area contributed by atoms with Gasteiger partial charge in [-0.3, -0.25) is 9.79 Å². The average Bonchev–Trinajstić information content (AvgIpc) is 2.71. The van der Waals surface area contributed by atoms with Crippen LogP contribution in [0.1, 0.15) is 137 Å². The van der Waals surface area contributed by atoms with Gasteiger partial charge in [0.05, 0.1) is 19.3 Å². The Bertz CT molecular complexity index is 409. The van der Waals surface area contributed by atoms with Gasteiger partial charge in [0.1, 0.15) is 6.42 Å². The number of ether oxygens (including phenoxy) is 2. The molecule has 0 radical (unpaired) electrons. The molecule has 4 nitrogen and oxygen atoms in total. The molecule has 1 unspecified atom stereocenters. The number of esters is 1. The highest BCUT2D eigenvalue weighted by molar-refractivity contribution is 5.94. The minimum absolute atomic E-state index is 0.144. The Labute approximate surface area is 187 Å². The molecule has 0 aromatic heterocycles. The maximum absolute atomic E-state index is 11.6. The lowest BCUT2D eigenvalue weighted by molar-refractivity contribution is -0.141. The van der Waals surface area contributed by atoms with Crippen LogP contribution in [0.2, 0.25) is 0 Å². The fourth-order valence-corrected chi connectivity index (χ4v) is 3.76. The Morgan fingerprint density at radius 3 is 1.53 bits per heavy atom. The molecule has 0 bridgehead atoms. The standard InChI is InChI=1S/C26H51NO3/c1-5-8-9-10-11-12-13-14-15-16-17-18-19-20-21-22-24(4)27-25(29-6-2)23-26(28)30-7-3/h24H,5-23H2,1-4H3. The van der Waals surface area contributed by atoms with Gasteiger partial charge in [0, 0.05) is 0 Å². The summed E-state index contributed by atoms with van der Waals surface area (Å²) in [5.41, 5.74) is 0. The summed E-state index contributed by atoms with van der Waals surface area (Å²) < 4.78 is 10.5. The molecule has 178 valence electrons. The van der Waals surface area contributed by atoms with E-state index in [4.69, 9.17) is 9.47 Å². The van der Waals surface area contributed by atoms with Crippen LogP contribution in [-0.4, -0.2) is 31.1 Å². The van der Waals surface area contributed by atoms with Gasteiger partial charge in [-0.15, -0.1) is 0 Å². The van der Waals surface area contributed by atoms with Crippen molar-refractivity contribution >= 4 is 11.9 Å². The maximum Gasteiger partial charge on any atom is 0.315 e. The highest BCUT2D eigenvalue weighted by Crippen LogP contribution is 2.14. The topological polar surface area (TPSA) is 47.9 Å². The Hall–Kier alpha value is -1.06. The highest BCUT2D eigenvalue weighted by Gasteiger charge is 2.11. The third-order valence-corrected chi connectivity index (χ3v) is 5.50. The van der Waals surface area contributed by atoms with E-state index >= 15 is 0 Å². The molecule has 0 fully saturated rings. The van der Waals surface area contributed by atoms with Crippen LogP contribution < -0.4 is 0 Å². The van der Waals surface area contributed by atoms with Gasteiger partial charge in [0.2, 0.25) is 0 Å².